The molecule has 1 atom stereocenters. The number of aromatic nitrogens is 1. The van der Waals surface area contributed by atoms with Crippen LogP contribution in [0.4, 0.5) is 0 Å². The predicted octanol–water partition coefficient (Wildman–Crippen LogP) is 1.84. The zero-order valence-corrected chi connectivity index (χ0v) is 14.6. The fourth-order valence-electron chi connectivity index (χ4n) is 3.72. The summed E-state index contributed by atoms with van der Waals surface area (Å²) in [7, 11) is 1.61. The number of aromatic amines is 1. The Hall–Kier alpha value is -2.34. The van der Waals surface area contributed by atoms with Crippen molar-refractivity contribution in [3.8, 4) is 0 Å². The molecule has 0 bridgehead atoms. The number of rotatable bonds is 6. The molecular weight excluding hydrogens is 318 g/mol. The van der Waals surface area contributed by atoms with Crippen LogP contribution in [0.5, 0.6) is 0 Å². The summed E-state index contributed by atoms with van der Waals surface area (Å²) in [4.78, 5) is 29.9. The Morgan fingerprint density at radius 2 is 2.16 bits per heavy atom. The van der Waals surface area contributed by atoms with Crippen LogP contribution in [0.3, 0.4) is 0 Å². The van der Waals surface area contributed by atoms with E-state index in [9.17, 15) is 9.59 Å². The van der Waals surface area contributed by atoms with Gasteiger partial charge in [0.05, 0.1) is 11.8 Å². The van der Waals surface area contributed by atoms with E-state index in [1.54, 1.807) is 12.0 Å². The van der Waals surface area contributed by atoms with Gasteiger partial charge in [-0.1, -0.05) is 18.2 Å². The van der Waals surface area contributed by atoms with E-state index < -0.39 is 5.41 Å². The summed E-state index contributed by atoms with van der Waals surface area (Å²) >= 11 is 0. The summed E-state index contributed by atoms with van der Waals surface area (Å²) < 4.78 is 5.13. The SMILES string of the molecule is COCCC1(C(N)=O)CCCN(C(=O)Cc2c[nH]c3ccccc23)C1. The van der Waals surface area contributed by atoms with Crippen LogP contribution in [0.25, 0.3) is 10.9 Å². The molecule has 6 nitrogen and oxygen atoms in total. The summed E-state index contributed by atoms with van der Waals surface area (Å²) in [5.74, 6) is -0.304. The van der Waals surface area contributed by atoms with E-state index in [1.165, 1.54) is 0 Å². The molecule has 1 aliphatic rings. The molecule has 1 unspecified atom stereocenters. The average molecular weight is 343 g/mol. The molecule has 3 rings (SSSR count). The molecule has 1 saturated heterocycles. The van der Waals surface area contributed by atoms with Crippen molar-refractivity contribution in [1.82, 2.24) is 9.88 Å². The fourth-order valence-corrected chi connectivity index (χ4v) is 3.72. The first-order valence-corrected chi connectivity index (χ1v) is 8.67. The number of nitrogens with two attached hydrogens (primary N) is 1. The largest absolute Gasteiger partial charge is 0.385 e. The second-order valence-corrected chi connectivity index (χ2v) is 6.84. The summed E-state index contributed by atoms with van der Waals surface area (Å²) in [5, 5.41) is 1.06. The highest BCUT2D eigenvalue weighted by atomic mass is 16.5. The van der Waals surface area contributed by atoms with Crippen molar-refractivity contribution >= 4 is 22.7 Å². The molecule has 0 saturated carbocycles. The number of carbonyl (C=O) groups is 2. The Morgan fingerprint density at radius 1 is 1.36 bits per heavy atom. The number of nitrogens with one attached hydrogen (secondary N) is 1. The molecule has 1 fully saturated rings. The van der Waals surface area contributed by atoms with Crippen molar-refractivity contribution in [2.45, 2.75) is 25.7 Å². The van der Waals surface area contributed by atoms with Crippen LogP contribution in [-0.2, 0) is 20.7 Å². The summed E-state index contributed by atoms with van der Waals surface area (Å²) in [6.45, 7) is 1.52. The van der Waals surface area contributed by atoms with Gasteiger partial charge in [-0.15, -0.1) is 0 Å². The number of nitrogens with zero attached hydrogens (tertiary/aromatic N) is 1. The molecule has 2 amide bonds. The van der Waals surface area contributed by atoms with Gasteiger partial charge in [0.25, 0.3) is 0 Å². The minimum Gasteiger partial charge on any atom is -0.385 e. The maximum atomic E-state index is 12.8. The van der Waals surface area contributed by atoms with Crippen LogP contribution in [0.2, 0.25) is 0 Å². The highest BCUT2D eigenvalue weighted by Gasteiger charge is 2.41. The summed E-state index contributed by atoms with van der Waals surface area (Å²) in [6, 6.07) is 7.93. The maximum Gasteiger partial charge on any atom is 0.227 e. The van der Waals surface area contributed by atoms with E-state index in [0.717, 1.165) is 22.9 Å². The first-order valence-electron chi connectivity index (χ1n) is 8.67. The van der Waals surface area contributed by atoms with E-state index in [1.807, 2.05) is 30.5 Å². The Labute approximate surface area is 147 Å². The second-order valence-electron chi connectivity index (χ2n) is 6.84. The van der Waals surface area contributed by atoms with E-state index in [0.29, 0.717) is 39.0 Å². The van der Waals surface area contributed by atoms with Crippen LogP contribution in [0.1, 0.15) is 24.8 Å². The van der Waals surface area contributed by atoms with E-state index in [4.69, 9.17) is 10.5 Å². The minimum absolute atomic E-state index is 0.0347. The van der Waals surface area contributed by atoms with Gasteiger partial charge in [-0.2, -0.15) is 0 Å². The number of piperidine rings is 1. The van der Waals surface area contributed by atoms with Crippen molar-refractivity contribution in [1.29, 1.82) is 0 Å². The maximum absolute atomic E-state index is 12.8. The van der Waals surface area contributed by atoms with Gasteiger partial charge in [0.15, 0.2) is 0 Å². The third kappa shape index (κ3) is 3.54. The molecule has 25 heavy (non-hydrogen) atoms. The minimum atomic E-state index is -0.676. The normalized spacial score (nSPS) is 20.8. The lowest BCUT2D eigenvalue weighted by Gasteiger charge is -2.40. The number of fused-ring (bicyclic) bond motifs is 1. The van der Waals surface area contributed by atoms with Gasteiger partial charge < -0.3 is 20.4 Å². The number of benzene rings is 1. The third-order valence-corrected chi connectivity index (χ3v) is 5.25. The van der Waals surface area contributed by atoms with Crippen molar-refractivity contribution < 1.29 is 14.3 Å². The molecule has 2 heterocycles. The van der Waals surface area contributed by atoms with Gasteiger partial charge in [-0.05, 0) is 30.9 Å². The highest BCUT2D eigenvalue weighted by Crippen LogP contribution is 2.34. The number of methoxy groups -OCH3 is 1. The number of H-pyrrole nitrogens is 1. The quantitative estimate of drug-likeness (QED) is 0.839. The van der Waals surface area contributed by atoms with Crippen LogP contribution in [-0.4, -0.2) is 48.5 Å². The molecular formula is C19H25N3O3. The van der Waals surface area contributed by atoms with Gasteiger partial charge >= 0.3 is 0 Å². The first-order chi connectivity index (χ1) is 12.1. The van der Waals surface area contributed by atoms with Gasteiger partial charge in [0.2, 0.25) is 11.8 Å². The fraction of sp³-hybridized carbons (Fsp3) is 0.474. The number of hydrogen-bond donors (Lipinski definition) is 2. The van der Waals surface area contributed by atoms with Crippen molar-refractivity contribution in [3.05, 3.63) is 36.0 Å². The zero-order chi connectivity index (χ0) is 17.9. The topological polar surface area (TPSA) is 88.4 Å². The number of ether oxygens (including phenoxy) is 1. The third-order valence-electron chi connectivity index (χ3n) is 5.25. The molecule has 2 aromatic rings. The Kier molecular flexibility index (Phi) is 5.08. The van der Waals surface area contributed by atoms with E-state index in [-0.39, 0.29) is 11.8 Å². The Morgan fingerprint density at radius 3 is 2.92 bits per heavy atom. The molecule has 0 radical (unpaired) electrons. The van der Waals surface area contributed by atoms with Crippen LogP contribution >= 0.6 is 0 Å². The standard InChI is InChI=1S/C19H25N3O3/c1-25-10-8-19(18(20)24)7-4-9-22(13-19)17(23)11-14-12-21-16-6-3-2-5-15(14)16/h2-3,5-6,12,21H,4,7-11,13H2,1H3,(H2,20,24). The lowest BCUT2D eigenvalue weighted by Crippen LogP contribution is -2.52. The molecule has 0 spiro atoms. The predicted molar refractivity (Wildman–Crippen MR) is 95.9 cm³/mol. The van der Waals surface area contributed by atoms with E-state index >= 15 is 0 Å². The Bertz CT molecular complexity index is 770. The number of amides is 2. The van der Waals surface area contributed by atoms with Crippen LogP contribution in [0.15, 0.2) is 30.5 Å². The number of hydrogen-bond acceptors (Lipinski definition) is 3. The number of likely N-dealkylation sites (tertiary alicyclic amines) is 1. The van der Waals surface area contributed by atoms with Gasteiger partial charge in [-0.3, -0.25) is 9.59 Å². The molecule has 134 valence electrons. The molecule has 6 heteroatoms. The van der Waals surface area contributed by atoms with E-state index in [2.05, 4.69) is 4.98 Å². The molecule has 1 aromatic heterocycles. The van der Waals surface area contributed by atoms with Crippen molar-refractivity contribution in [2.75, 3.05) is 26.8 Å². The molecule has 1 aliphatic heterocycles. The van der Waals surface area contributed by atoms with Crippen LogP contribution in [0, 0.1) is 5.41 Å². The first kappa shape index (κ1) is 17.5. The second kappa shape index (κ2) is 7.27. The number of primary amides is 1. The van der Waals surface area contributed by atoms with Gasteiger partial charge in [0, 0.05) is 43.9 Å². The Balaban J connectivity index is 1.74. The average Bonchev–Trinajstić information content (AvgIpc) is 3.03. The summed E-state index contributed by atoms with van der Waals surface area (Å²) in [6.07, 6.45) is 4.26. The zero-order valence-electron chi connectivity index (χ0n) is 14.6. The molecule has 1 aromatic carbocycles. The number of carbonyl (C=O) groups excluding carboxylic acids is 2. The number of para-hydroxylation sites is 1. The van der Waals surface area contributed by atoms with Crippen LogP contribution < -0.4 is 5.73 Å². The monoisotopic (exact) mass is 343 g/mol. The highest BCUT2D eigenvalue weighted by molar-refractivity contribution is 5.89. The lowest BCUT2D eigenvalue weighted by atomic mass is 9.76. The molecule has 3 N–H and O–H groups in total. The summed E-state index contributed by atoms with van der Waals surface area (Å²) in [5.41, 5.74) is 7.00. The molecule has 0 aliphatic carbocycles. The smallest absolute Gasteiger partial charge is 0.227 e. The van der Waals surface area contributed by atoms with Crippen molar-refractivity contribution in [3.63, 3.8) is 0 Å². The van der Waals surface area contributed by atoms with Crippen molar-refractivity contribution in [2.24, 2.45) is 11.1 Å². The van der Waals surface area contributed by atoms with Gasteiger partial charge in [-0.25, -0.2) is 0 Å². The lowest BCUT2D eigenvalue weighted by molar-refractivity contribution is -0.140. The van der Waals surface area contributed by atoms with Gasteiger partial charge in [0.1, 0.15) is 0 Å².